The van der Waals surface area contributed by atoms with Crippen molar-refractivity contribution in [3.8, 4) is 0 Å². The number of hydrogen-bond acceptors (Lipinski definition) is 5. The molecule has 0 amide bonds. The molecule has 108 valence electrons. The molecular weight excluding hydrogens is 254 g/mol. The first-order valence-electron chi connectivity index (χ1n) is 7.03. The van der Waals surface area contributed by atoms with Gasteiger partial charge in [-0.3, -0.25) is 0 Å². The predicted octanol–water partition coefficient (Wildman–Crippen LogP) is 1.90. The molecule has 0 saturated carbocycles. The summed E-state index contributed by atoms with van der Waals surface area (Å²) in [7, 11) is 1.68. The van der Waals surface area contributed by atoms with E-state index >= 15 is 0 Å². The molecule has 0 unspecified atom stereocenters. The van der Waals surface area contributed by atoms with E-state index in [1.807, 2.05) is 4.52 Å². The summed E-state index contributed by atoms with van der Waals surface area (Å²) in [5.74, 6) is 1.70. The second-order valence-corrected chi connectivity index (χ2v) is 6.20. The summed E-state index contributed by atoms with van der Waals surface area (Å²) in [5, 5.41) is 4.30. The molecule has 1 aliphatic rings. The molecule has 2 aromatic rings. The number of aromatic nitrogens is 4. The minimum absolute atomic E-state index is 0.329. The number of fused-ring (bicyclic) bond motifs is 1. The maximum atomic E-state index is 5.20. The first-order valence-corrected chi connectivity index (χ1v) is 7.03. The molecule has 3 heterocycles. The Bertz CT molecular complexity index is 607. The Balaban J connectivity index is 2.02. The van der Waals surface area contributed by atoms with Crippen molar-refractivity contribution in [1.82, 2.24) is 19.6 Å². The first-order chi connectivity index (χ1) is 9.59. The van der Waals surface area contributed by atoms with Crippen molar-refractivity contribution in [2.24, 2.45) is 5.41 Å². The Labute approximate surface area is 118 Å². The Morgan fingerprint density at radius 3 is 3.00 bits per heavy atom. The summed E-state index contributed by atoms with van der Waals surface area (Å²) in [6.45, 7) is 7.20. The molecule has 1 fully saturated rings. The largest absolute Gasteiger partial charge is 0.378 e. The standard InChI is InChI=1S/C14H21N5O/c1-14(2)5-4-6-18(9-14)12-7-11(8-20-3)17-13-15-10-16-19(12)13/h7,10H,4-6,8-9H2,1-3H3. The van der Waals surface area contributed by atoms with E-state index in [1.54, 1.807) is 13.4 Å². The highest BCUT2D eigenvalue weighted by Crippen LogP contribution is 2.31. The van der Waals surface area contributed by atoms with E-state index in [9.17, 15) is 0 Å². The van der Waals surface area contributed by atoms with Gasteiger partial charge in [0.05, 0.1) is 12.3 Å². The van der Waals surface area contributed by atoms with Gasteiger partial charge in [-0.2, -0.15) is 14.6 Å². The van der Waals surface area contributed by atoms with Crippen LogP contribution in [0.25, 0.3) is 5.78 Å². The van der Waals surface area contributed by atoms with E-state index in [4.69, 9.17) is 4.74 Å². The van der Waals surface area contributed by atoms with Gasteiger partial charge in [0.1, 0.15) is 12.1 Å². The Morgan fingerprint density at radius 2 is 2.25 bits per heavy atom. The van der Waals surface area contributed by atoms with Crippen LogP contribution in [0.4, 0.5) is 5.82 Å². The third-order valence-corrected chi connectivity index (χ3v) is 3.80. The summed E-state index contributed by atoms with van der Waals surface area (Å²) >= 11 is 0. The molecule has 1 aliphatic heterocycles. The molecule has 0 aliphatic carbocycles. The number of piperidine rings is 1. The van der Waals surface area contributed by atoms with Gasteiger partial charge in [0.2, 0.25) is 0 Å². The molecule has 3 rings (SSSR count). The second kappa shape index (κ2) is 5.01. The van der Waals surface area contributed by atoms with Gasteiger partial charge in [0.15, 0.2) is 0 Å². The summed E-state index contributed by atoms with van der Waals surface area (Å²) in [5.41, 5.74) is 1.22. The van der Waals surface area contributed by atoms with Crippen LogP contribution < -0.4 is 4.90 Å². The zero-order chi connectivity index (χ0) is 14.2. The quantitative estimate of drug-likeness (QED) is 0.856. The molecule has 0 spiro atoms. The smallest absolute Gasteiger partial charge is 0.254 e. The van der Waals surface area contributed by atoms with E-state index in [-0.39, 0.29) is 0 Å². The summed E-state index contributed by atoms with van der Waals surface area (Å²) in [6, 6.07) is 2.06. The Hall–Kier alpha value is -1.69. The Morgan fingerprint density at radius 1 is 1.40 bits per heavy atom. The molecule has 20 heavy (non-hydrogen) atoms. The predicted molar refractivity (Wildman–Crippen MR) is 76.7 cm³/mol. The molecule has 1 saturated heterocycles. The highest BCUT2D eigenvalue weighted by Gasteiger charge is 2.28. The lowest BCUT2D eigenvalue weighted by Crippen LogP contribution is -2.41. The number of nitrogens with zero attached hydrogens (tertiary/aromatic N) is 5. The van der Waals surface area contributed by atoms with Crippen molar-refractivity contribution >= 4 is 11.6 Å². The van der Waals surface area contributed by atoms with E-state index in [0.717, 1.165) is 24.6 Å². The molecular formula is C14H21N5O. The van der Waals surface area contributed by atoms with Crippen molar-refractivity contribution in [2.75, 3.05) is 25.1 Å². The van der Waals surface area contributed by atoms with Crippen LogP contribution in [-0.4, -0.2) is 39.8 Å². The third-order valence-electron chi connectivity index (χ3n) is 3.80. The van der Waals surface area contributed by atoms with Gasteiger partial charge in [-0.1, -0.05) is 13.8 Å². The van der Waals surface area contributed by atoms with Crippen molar-refractivity contribution < 1.29 is 4.74 Å². The van der Waals surface area contributed by atoms with Crippen molar-refractivity contribution in [3.05, 3.63) is 18.1 Å². The van der Waals surface area contributed by atoms with Crippen LogP contribution in [0, 0.1) is 5.41 Å². The van der Waals surface area contributed by atoms with E-state index in [2.05, 4.69) is 39.9 Å². The number of ether oxygens (including phenoxy) is 1. The van der Waals surface area contributed by atoms with Crippen LogP contribution in [0.2, 0.25) is 0 Å². The fraction of sp³-hybridized carbons (Fsp3) is 0.643. The fourth-order valence-corrected chi connectivity index (χ4v) is 2.91. The molecule has 2 aromatic heterocycles. The van der Waals surface area contributed by atoms with Crippen LogP contribution >= 0.6 is 0 Å². The molecule has 6 nitrogen and oxygen atoms in total. The van der Waals surface area contributed by atoms with Gasteiger partial charge in [0, 0.05) is 26.3 Å². The Kier molecular flexibility index (Phi) is 3.33. The summed E-state index contributed by atoms with van der Waals surface area (Å²) < 4.78 is 7.02. The highest BCUT2D eigenvalue weighted by molar-refractivity contribution is 5.47. The molecule has 0 atom stereocenters. The highest BCUT2D eigenvalue weighted by atomic mass is 16.5. The SMILES string of the molecule is COCc1cc(N2CCCC(C)(C)C2)n2ncnc2n1. The molecule has 0 N–H and O–H groups in total. The van der Waals surface area contributed by atoms with Crippen LogP contribution in [0.15, 0.2) is 12.4 Å². The van der Waals surface area contributed by atoms with Crippen LogP contribution in [0.3, 0.4) is 0 Å². The van der Waals surface area contributed by atoms with Crippen LogP contribution in [0.5, 0.6) is 0 Å². The minimum atomic E-state index is 0.329. The van der Waals surface area contributed by atoms with E-state index < -0.39 is 0 Å². The van der Waals surface area contributed by atoms with Gasteiger partial charge in [-0.05, 0) is 18.3 Å². The number of hydrogen-bond donors (Lipinski definition) is 0. The van der Waals surface area contributed by atoms with Crippen molar-refractivity contribution in [1.29, 1.82) is 0 Å². The van der Waals surface area contributed by atoms with Crippen LogP contribution in [0.1, 0.15) is 32.4 Å². The maximum Gasteiger partial charge on any atom is 0.254 e. The maximum absolute atomic E-state index is 5.20. The lowest BCUT2D eigenvalue weighted by Gasteiger charge is -2.39. The first kappa shape index (κ1) is 13.3. The average Bonchev–Trinajstić information content (AvgIpc) is 2.85. The van der Waals surface area contributed by atoms with Crippen LogP contribution in [-0.2, 0) is 11.3 Å². The van der Waals surface area contributed by atoms with Gasteiger partial charge >= 0.3 is 0 Å². The lowest BCUT2D eigenvalue weighted by atomic mass is 9.84. The summed E-state index contributed by atoms with van der Waals surface area (Å²) in [6.07, 6.45) is 4.02. The third kappa shape index (κ3) is 2.47. The van der Waals surface area contributed by atoms with Gasteiger partial charge in [0.25, 0.3) is 5.78 Å². The molecule has 0 radical (unpaired) electrons. The van der Waals surface area contributed by atoms with Gasteiger partial charge in [-0.15, -0.1) is 0 Å². The zero-order valence-electron chi connectivity index (χ0n) is 12.3. The lowest BCUT2D eigenvalue weighted by molar-refractivity contribution is 0.181. The number of rotatable bonds is 3. The number of anilines is 1. The van der Waals surface area contributed by atoms with Gasteiger partial charge < -0.3 is 9.64 Å². The second-order valence-electron chi connectivity index (χ2n) is 6.20. The topological polar surface area (TPSA) is 55.6 Å². The number of methoxy groups -OCH3 is 1. The monoisotopic (exact) mass is 275 g/mol. The van der Waals surface area contributed by atoms with Crippen molar-refractivity contribution in [2.45, 2.75) is 33.3 Å². The average molecular weight is 275 g/mol. The minimum Gasteiger partial charge on any atom is -0.378 e. The molecule has 0 aromatic carbocycles. The van der Waals surface area contributed by atoms with Crippen molar-refractivity contribution in [3.63, 3.8) is 0 Å². The van der Waals surface area contributed by atoms with Gasteiger partial charge in [-0.25, -0.2) is 4.98 Å². The molecule has 0 bridgehead atoms. The normalized spacial score (nSPS) is 18.6. The molecule has 6 heteroatoms. The zero-order valence-corrected chi connectivity index (χ0v) is 12.3. The summed E-state index contributed by atoms with van der Waals surface area (Å²) in [4.78, 5) is 11.0. The van der Waals surface area contributed by atoms with E-state index in [0.29, 0.717) is 17.8 Å². The van der Waals surface area contributed by atoms with E-state index in [1.165, 1.54) is 12.8 Å². The fourth-order valence-electron chi connectivity index (χ4n) is 2.91.